The molecule has 1 heteroatoms. The minimum absolute atomic E-state index is 0.383. The molecular formula is C21H21N. The summed E-state index contributed by atoms with van der Waals surface area (Å²) in [5.74, 6) is -2.56. The molecule has 0 radical (unpaired) electrons. The molecule has 1 nitrogen and oxygen atoms in total. The molecule has 2 aromatic carbocycles. The molecule has 0 N–H and O–H groups in total. The molecule has 0 saturated carbocycles. The van der Waals surface area contributed by atoms with E-state index in [0.717, 1.165) is 22.4 Å². The van der Waals surface area contributed by atoms with Gasteiger partial charge in [-0.25, -0.2) is 0 Å². The van der Waals surface area contributed by atoms with Crippen molar-refractivity contribution in [3.8, 4) is 22.4 Å². The maximum absolute atomic E-state index is 8.17. The van der Waals surface area contributed by atoms with Crippen LogP contribution in [0.1, 0.15) is 28.9 Å². The highest BCUT2D eigenvalue weighted by Crippen LogP contribution is 2.25. The van der Waals surface area contributed by atoms with E-state index in [1.807, 2.05) is 42.5 Å². The third-order valence-electron chi connectivity index (χ3n) is 3.50. The van der Waals surface area contributed by atoms with Crippen LogP contribution >= 0.6 is 0 Å². The molecule has 0 fully saturated rings. The molecule has 0 bridgehead atoms. The van der Waals surface area contributed by atoms with Crippen molar-refractivity contribution in [2.75, 3.05) is 0 Å². The maximum atomic E-state index is 8.17. The van der Waals surface area contributed by atoms with Crippen LogP contribution in [0.4, 0.5) is 0 Å². The maximum Gasteiger partial charge on any atom is 0.0708 e. The fourth-order valence-electron chi connectivity index (χ4n) is 2.40. The van der Waals surface area contributed by atoms with Gasteiger partial charge in [0.15, 0.2) is 0 Å². The third kappa shape index (κ3) is 3.43. The average molecular weight is 294 g/mol. The third-order valence-corrected chi connectivity index (χ3v) is 3.50. The fourth-order valence-corrected chi connectivity index (χ4v) is 2.40. The van der Waals surface area contributed by atoms with Crippen molar-refractivity contribution < 1.29 is 9.60 Å². The summed E-state index contributed by atoms with van der Waals surface area (Å²) in [6.07, 6.45) is 1.34. The smallest absolute Gasteiger partial charge is 0.0708 e. The zero-order valence-corrected chi connectivity index (χ0v) is 12.1. The summed E-state index contributed by atoms with van der Waals surface area (Å²) >= 11 is 0. The summed E-state index contributed by atoms with van der Waals surface area (Å²) in [5.41, 5.74) is 4.16. The quantitative estimate of drug-likeness (QED) is 0.609. The van der Waals surface area contributed by atoms with Crippen LogP contribution in [-0.4, -0.2) is 4.98 Å². The Labute approximate surface area is 142 Å². The summed E-state index contributed by atoms with van der Waals surface area (Å²) < 4.78 is 53.5. The van der Waals surface area contributed by atoms with Crippen LogP contribution in [-0.2, 0) is 6.42 Å². The van der Waals surface area contributed by atoms with Gasteiger partial charge in [0, 0.05) is 21.4 Å². The Balaban J connectivity index is 1.88. The molecule has 110 valence electrons. The fraction of sp³-hybridized carbons (Fsp3) is 0.190. The SMILES string of the molecule is [2H]C([2H])([2H])C([2H])(Cc1ccc(-c2ccnc(-c3ccccc3)c2)cc1)C([2H])([2H])[2H]. The number of benzene rings is 2. The summed E-state index contributed by atoms with van der Waals surface area (Å²) in [6.45, 7) is -5.85. The molecule has 3 aromatic rings. The summed E-state index contributed by atoms with van der Waals surface area (Å²) in [4.78, 5) is 4.41. The van der Waals surface area contributed by atoms with E-state index in [4.69, 9.17) is 9.60 Å². The second-order valence-corrected chi connectivity index (χ2v) is 5.15. The Morgan fingerprint density at radius 3 is 2.41 bits per heavy atom. The number of hydrogen-bond donors (Lipinski definition) is 0. The summed E-state index contributed by atoms with van der Waals surface area (Å²) in [7, 11) is 0. The highest BCUT2D eigenvalue weighted by atomic mass is 14.7. The number of pyridine rings is 1. The molecule has 1 heterocycles. The first kappa shape index (κ1) is 8.28. The predicted octanol–water partition coefficient (Wildman–Crippen LogP) is 5.61. The first-order valence-electron chi connectivity index (χ1n) is 10.6. The minimum atomic E-state index is -2.92. The van der Waals surface area contributed by atoms with E-state index in [1.165, 1.54) is 0 Å². The van der Waals surface area contributed by atoms with Crippen LogP contribution in [0.15, 0.2) is 72.9 Å². The van der Waals surface area contributed by atoms with E-state index in [9.17, 15) is 0 Å². The normalized spacial score (nSPS) is 17.2. The lowest BCUT2D eigenvalue weighted by Crippen LogP contribution is -1.93. The van der Waals surface area contributed by atoms with Gasteiger partial charge in [-0.1, -0.05) is 68.3 Å². The molecule has 0 unspecified atom stereocenters. The average Bonchev–Trinajstić information content (AvgIpc) is 2.67. The van der Waals surface area contributed by atoms with Gasteiger partial charge in [-0.3, -0.25) is 4.98 Å². The van der Waals surface area contributed by atoms with E-state index >= 15 is 0 Å². The largest absolute Gasteiger partial charge is 0.256 e. The highest BCUT2D eigenvalue weighted by molar-refractivity contribution is 5.70. The zero-order valence-electron chi connectivity index (χ0n) is 19.1. The second-order valence-electron chi connectivity index (χ2n) is 5.15. The Hall–Kier alpha value is -2.41. The van der Waals surface area contributed by atoms with E-state index in [2.05, 4.69) is 4.98 Å². The van der Waals surface area contributed by atoms with Crippen LogP contribution in [0.2, 0.25) is 0 Å². The lowest BCUT2D eigenvalue weighted by molar-refractivity contribution is 0.647. The van der Waals surface area contributed by atoms with Gasteiger partial charge in [0.25, 0.3) is 0 Å². The molecule has 0 aliphatic carbocycles. The Morgan fingerprint density at radius 1 is 0.909 bits per heavy atom. The number of hydrogen-bond acceptors (Lipinski definition) is 1. The number of nitrogens with zero attached hydrogens (tertiary/aromatic N) is 1. The van der Waals surface area contributed by atoms with Crippen molar-refractivity contribution in [1.82, 2.24) is 4.98 Å². The van der Waals surface area contributed by atoms with Crippen LogP contribution in [0.5, 0.6) is 0 Å². The van der Waals surface area contributed by atoms with Crippen LogP contribution in [0.3, 0.4) is 0 Å². The van der Waals surface area contributed by atoms with Crippen LogP contribution in [0, 0.1) is 5.89 Å². The first-order valence-corrected chi connectivity index (χ1v) is 7.12. The van der Waals surface area contributed by atoms with E-state index in [1.54, 1.807) is 30.5 Å². The molecule has 0 spiro atoms. The van der Waals surface area contributed by atoms with Crippen molar-refractivity contribution >= 4 is 0 Å². The molecule has 0 aliphatic heterocycles. The van der Waals surface area contributed by atoms with Crippen molar-refractivity contribution in [3.63, 3.8) is 0 Å². The van der Waals surface area contributed by atoms with Crippen molar-refractivity contribution in [2.24, 2.45) is 5.89 Å². The first-order chi connectivity index (χ1) is 13.5. The summed E-state index contributed by atoms with van der Waals surface area (Å²) in [6, 6.07) is 20.6. The monoisotopic (exact) mass is 294 g/mol. The van der Waals surface area contributed by atoms with Gasteiger partial charge >= 0.3 is 0 Å². The zero-order chi connectivity index (χ0) is 21.3. The number of rotatable bonds is 4. The molecule has 0 saturated heterocycles. The van der Waals surface area contributed by atoms with Gasteiger partial charge in [-0.05, 0) is 41.1 Å². The second kappa shape index (κ2) is 6.57. The topological polar surface area (TPSA) is 12.9 Å². The minimum Gasteiger partial charge on any atom is -0.256 e. The number of aromatic nitrogens is 1. The van der Waals surface area contributed by atoms with Crippen molar-refractivity contribution in [2.45, 2.75) is 20.1 Å². The molecule has 22 heavy (non-hydrogen) atoms. The predicted molar refractivity (Wildman–Crippen MR) is 93.7 cm³/mol. The van der Waals surface area contributed by atoms with E-state index in [-0.39, 0.29) is 6.42 Å². The molecule has 1 aromatic heterocycles. The lowest BCUT2D eigenvalue weighted by atomic mass is 9.99. The highest BCUT2D eigenvalue weighted by Gasteiger charge is 2.03. The van der Waals surface area contributed by atoms with Crippen molar-refractivity contribution in [3.05, 3.63) is 78.5 Å². The molecule has 0 atom stereocenters. The van der Waals surface area contributed by atoms with E-state index < -0.39 is 19.6 Å². The van der Waals surface area contributed by atoms with Crippen LogP contribution in [0.25, 0.3) is 22.4 Å². The molecule has 3 rings (SSSR count). The van der Waals surface area contributed by atoms with Crippen molar-refractivity contribution in [1.29, 1.82) is 0 Å². The molecule has 0 aliphatic rings. The van der Waals surface area contributed by atoms with Gasteiger partial charge in [-0.2, -0.15) is 0 Å². The van der Waals surface area contributed by atoms with Gasteiger partial charge in [0.05, 0.1) is 5.69 Å². The Kier molecular flexibility index (Phi) is 2.47. The van der Waals surface area contributed by atoms with Gasteiger partial charge in [-0.15, -0.1) is 0 Å². The molecular weight excluding hydrogens is 266 g/mol. The lowest BCUT2D eigenvalue weighted by Gasteiger charge is -2.08. The summed E-state index contributed by atoms with van der Waals surface area (Å²) in [5, 5.41) is 0. The van der Waals surface area contributed by atoms with Gasteiger partial charge in [0.2, 0.25) is 0 Å². The van der Waals surface area contributed by atoms with Gasteiger partial charge < -0.3 is 0 Å². The van der Waals surface area contributed by atoms with Gasteiger partial charge in [0.1, 0.15) is 0 Å². The standard InChI is InChI=1S/C21H21N/c1-16(2)14-17-8-10-18(11-9-17)20-12-13-22-21(15-20)19-6-4-3-5-7-19/h3-13,15-16H,14H2,1-2H3/i1D3,2D3,16D. The molecule has 0 amide bonds. The Morgan fingerprint density at radius 2 is 1.68 bits per heavy atom. The van der Waals surface area contributed by atoms with Crippen LogP contribution < -0.4 is 0 Å². The Bertz CT molecular complexity index is 947. The van der Waals surface area contributed by atoms with E-state index in [0.29, 0.717) is 5.56 Å².